The number of nitrogens with zero attached hydrogens (tertiary/aromatic N) is 3. The quantitative estimate of drug-likeness (QED) is 0.315. The number of imidazole rings is 1. The molecule has 0 saturated carbocycles. The molecule has 0 N–H and O–H groups in total. The van der Waals surface area contributed by atoms with Gasteiger partial charge in [0.1, 0.15) is 0 Å². The summed E-state index contributed by atoms with van der Waals surface area (Å²) in [4.78, 5) is 18.2. The summed E-state index contributed by atoms with van der Waals surface area (Å²) in [5, 5.41) is 0.774. The van der Waals surface area contributed by atoms with Crippen LogP contribution >= 0.6 is 11.6 Å². The molecule has 0 radical (unpaired) electrons. The van der Waals surface area contributed by atoms with Crippen molar-refractivity contribution in [3.63, 3.8) is 0 Å². The maximum atomic E-state index is 12.2. The molecule has 1 aliphatic heterocycles. The minimum absolute atomic E-state index is 0.195. The molecule has 0 bridgehead atoms. The van der Waals surface area contributed by atoms with E-state index < -0.39 is 0 Å². The van der Waals surface area contributed by atoms with E-state index in [1.54, 1.807) is 0 Å². The van der Waals surface area contributed by atoms with Gasteiger partial charge in [0.05, 0.1) is 12.9 Å². The highest BCUT2D eigenvalue weighted by molar-refractivity contribution is 6.31. The predicted molar refractivity (Wildman–Crippen MR) is 144 cm³/mol. The number of halogens is 1. The number of aryl methyl sites for hydroxylation is 1. The van der Waals surface area contributed by atoms with Crippen LogP contribution < -0.4 is 0 Å². The van der Waals surface area contributed by atoms with Crippen LogP contribution in [0, 0.1) is 11.8 Å². The molecular weight excluding hydrogens is 458 g/mol. The van der Waals surface area contributed by atoms with E-state index in [4.69, 9.17) is 16.3 Å². The van der Waals surface area contributed by atoms with Gasteiger partial charge in [-0.2, -0.15) is 0 Å². The molecule has 0 spiro atoms. The lowest BCUT2D eigenvalue weighted by molar-refractivity contribution is 0.0889. The molecular formula is C29H40ClN3O2. The normalized spacial score (nSPS) is 18.3. The Kier molecular flexibility index (Phi) is 10.5. The van der Waals surface area contributed by atoms with Crippen LogP contribution in [-0.4, -0.2) is 40.2 Å². The lowest BCUT2D eigenvalue weighted by Crippen LogP contribution is -2.40. The van der Waals surface area contributed by atoms with Crippen molar-refractivity contribution in [2.75, 3.05) is 19.7 Å². The number of hydrogen-bond donors (Lipinski definition) is 0. The zero-order valence-electron chi connectivity index (χ0n) is 21.5. The lowest BCUT2D eigenvalue weighted by atomic mass is 9.75. The summed E-state index contributed by atoms with van der Waals surface area (Å²) in [5.41, 5.74) is 5.20. The highest BCUT2D eigenvalue weighted by Gasteiger charge is 2.31. The number of aromatic nitrogens is 2. The fourth-order valence-electron chi connectivity index (χ4n) is 4.92. The van der Waals surface area contributed by atoms with Gasteiger partial charge in [-0.1, -0.05) is 54.5 Å². The molecule has 0 aromatic carbocycles. The highest BCUT2D eigenvalue weighted by Crippen LogP contribution is 2.39. The van der Waals surface area contributed by atoms with Crippen molar-refractivity contribution in [1.29, 1.82) is 0 Å². The van der Waals surface area contributed by atoms with Crippen LogP contribution in [-0.2, 0) is 11.3 Å². The maximum absolute atomic E-state index is 12.2. The molecule has 1 aromatic rings. The summed E-state index contributed by atoms with van der Waals surface area (Å²) in [6.07, 6.45) is 19.9. The first-order valence-corrected chi connectivity index (χ1v) is 13.3. The van der Waals surface area contributed by atoms with E-state index >= 15 is 0 Å². The Morgan fingerprint density at radius 1 is 1.31 bits per heavy atom. The van der Waals surface area contributed by atoms with Crippen molar-refractivity contribution in [3.05, 3.63) is 76.9 Å². The number of likely N-dealkylation sites (tertiary alicyclic amines) is 1. The Morgan fingerprint density at radius 3 is 2.74 bits per heavy atom. The summed E-state index contributed by atoms with van der Waals surface area (Å²) in [5.74, 6) is 0.722. The molecule has 35 heavy (non-hydrogen) atoms. The summed E-state index contributed by atoms with van der Waals surface area (Å²) < 4.78 is 7.34. The number of carbonyl (C=O) groups is 1. The zero-order chi connectivity index (χ0) is 25.2. The van der Waals surface area contributed by atoms with E-state index in [2.05, 4.69) is 48.2 Å². The van der Waals surface area contributed by atoms with Gasteiger partial charge in [-0.25, -0.2) is 9.78 Å². The number of carbonyl (C=O) groups excluding carboxylic acids is 1. The van der Waals surface area contributed by atoms with Crippen molar-refractivity contribution in [1.82, 2.24) is 14.5 Å². The second-order valence-corrected chi connectivity index (χ2v) is 9.92. The molecule has 1 amide bonds. The second kappa shape index (κ2) is 13.5. The van der Waals surface area contributed by atoms with Gasteiger partial charge in [0.15, 0.2) is 0 Å². The third-order valence-electron chi connectivity index (χ3n) is 7.11. The maximum Gasteiger partial charge on any atom is 0.409 e. The molecule has 3 rings (SSSR count). The topological polar surface area (TPSA) is 47.4 Å². The molecule has 190 valence electrons. The van der Waals surface area contributed by atoms with Crippen molar-refractivity contribution in [2.24, 2.45) is 11.8 Å². The van der Waals surface area contributed by atoms with Crippen molar-refractivity contribution < 1.29 is 9.53 Å². The number of amides is 1. The van der Waals surface area contributed by atoms with Gasteiger partial charge in [-0.3, -0.25) is 0 Å². The molecule has 1 aliphatic carbocycles. The van der Waals surface area contributed by atoms with Gasteiger partial charge in [0.25, 0.3) is 0 Å². The third-order valence-corrected chi connectivity index (χ3v) is 7.39. The van der Waals surface area contributed by atoms with Gasteiger partial charge in [0.2, 0.25) is 0 Å². The molecule has 1 fully saturated rings. The van der Waals surface area contributed by atoms with Gasteiger partial charge in [0, 0.05) is 43.0 Å². The fraction of sp³-hybridized carbons (Fsp3) is 0.517. The van der Waals surface area contributed by atoms with Crippen LogP contribution in [0.4, 0.5) is 4.79 Å². The minimum Gasteiger partial charge on any atom is -0.450 e. The predicted octanol–water partition coefficient (Wildman–Crippen LogP) is 7.44. The molecule has 1 unspecified atom stereocenters. The van der Waals surface area contributed by atoms with E-state index in [1.807, 2.05) is 36.6 Å². The largest absolute Gasteiger partial charge is 0.450 e. The van der Waals surface area contributed by atoms with Crippen LogP contribution in [0.3, 0.4) is 0 Å². The Bertz CT molecular complexity index is 980. The smallest absolute Gasteiger partial charge is 0.409 e. The third kappa shape index (κ3) is 7.73. The number of piperidine rings is 1. The zero-order valence-corrected chi connectivity index (χ0v) is 22.3. The molecule has 2 aliphatic rings. The number of rotatable bonds is 10. The van der Waals surface area contributed by atoms with Crippen molar-refractivity contribution in [2.45, 2.75) is 65.8 Å². The van der Waals surface area contributed by atoms with E-state index in [0.717, 1.165) is 63.2 Å². The number of allylic oxidation sites excluding steroid dienone is 9. The monoisotopic (exact) mass is 497 g/mol. The van der Waals surface area contributed by atoms with Gasteiger partial charge < -0.3 is 14.2 Å². The SMILES string of the molecule is C=C(CCCn1ccnc1)C1=C(C(/C=C(\C)CC)C2CCN(C(=O)OCC)CC2)C=CC(Cl)=CC1. The number of hydrogen-bond acceptors (Lipinski definition) is 3. The Hall–Kier alpha value is -2.53. The van der Waals surface area contributed by atoms with Crippen LogP contribution in [0.2, 0.25) is 0 Å². The van der Waals surface area contributed by atoms with E-state index in [9.17, 15) is 4.79 Å². The van der Waals surface area contributed by atoms with Crippen LogP contribution in [0.15, 0.2) is 76.9 Å². The van der Waals surface area contributed by atoms with Gasteiger partial charge in [-0.15, -0.1) is 0 Å². The van der Waals surface area contributed by atoms with Crippen LogP contribution in [0.5, 0.6) is 0 Å². The Balaban J connectivity index is 1.84. The molecule has 1 aromatic heterocycles. The molecule has 2 heterocycles. The van der Waals surface area contributed by atoms with Gasteiger partial charge in [-0.05, 0) is 75.5 Å². The van der Waals surface area contributed by atoms with Gasteiger partial charge >= 0.3 is 6.09 Å². The van der Waals surface area contributed by atoms with Crippen LogP contribution in [0.1, 0.15) is 59.3 Å². The molecule has 5 nitrogen and oxygen atoms in total. The molecule has 1 saturated heterocycles. The highest BCUT2D eigenvalue weighted by atomic mass is 35.5. The number of ether oxygens (including phenoxy) is 1. The first-order valence-electron chi connectivity index (χ1n) is 12.9. The van der Waals surface area contributed by atoms with Crippen molar-refractivity contribution >= 4 is 17.7 Å². The Labute approximate surface area is 215 Å². The second-order valence-electron chi connectivity index (χ2n) is 9.48. The minimum atomic E-state index is -0.195. The summed E-state index contributed by atoms with van der Waals surface area (Å²) in [6, 6.07) is 0. The van der Waals surface area contributed by atoms with E-state index in [1.165, 1.54) is 22.3 Å². The Morgan fingerprint density at radius 2 is 2.09 bits per heavy atom. The van der Waals surface area contributed by atoms with Crippen LogP contribution in [0.25, 0.3) is 0 Å². The van der Waals surface area contributed by atoms with E-state index in [0.29, 0.717) is 12.5 Å². The summed E-state index contributed by atoms with van der Waals surface area (Å²) in [6.45, 7) is 13.6. The van der Waals surface area contributed by atoms with Crippen molar-refractivity contribution in [3.8, 4) is 0 Å². The van der Waals surface area contributed by atoms with E-state index in [-0.39, 0.29) is 12.0 Å². The first kappa shape index (κ1) is 27.1. The molecule has 1 atom stereocenters. The average molecular weight is 498 g/mol. The summed E-state index contributed by atoms with van der Waals surface area (Å²) in [7, 11) is 0. The lowest BCUT2D eigenvalue weighted by Gasteiger charge is -2.36. The standard InChI is InChI=1S/C29H40ClN3O2/c1-5-22(3)20-28(24-13-17-33(18-14-24)29(34)35-6-2)27-12-10-25(30)9-11-26(27)23(4)8-7-16-32-19-15-31-21-32/h9-10,12,15,19-21,24,28H,4-8,11,13-14,16-18H2,1-3H3/b22-20+. The fourth-order valence-corrected chi connectivity index (χ4v) is 5.06. The first-order chi connectivity index (χ1) is 16.9. The summed E-state index contributed by atoms with van der Waals surface area (Å²) >= 11 is 6.47. The average Bonchev–Trinajstić information content (AvgIpc) is 3.30. The molecule has 6 heteroatoms.